The summed E-state index contributed by atoms with van der Waals surface area (Å²) < 4.78 is 116. The number of fused-ring (bicyclic) bond motifs is 2. The van der Waals surface area contributed by atoms with Crippen molar-refractivity contribution in [3.63, 3.8) is 0 Å². The van der Waals surface area contributed by atoms with E-state index in [0.29, 0.717) is 12.8 Å². The molecule has 0 bridgehead atoms. The fraction of sp³-hybridized carbons (Fsp3) is 0.534. The van der Waals surface area contributed by atoms with E-state index < -0.39 is 116 Å². The van der Waals surface area contributed by atoms with Gasteiger partial charge in [0.05, 0.1) is 29.8 Å². The Morgan fingerprint density at radius 1 is 0.695 bits per heavy atom. The van der Waals surface area contributed by atoms with Crippen LogP contribution in [-0.2, 0) is 57.7 Å². The van der Waals surface area contributed by atoms with E-state index in [4.69, 9.17) is 38.8 Å². The molecule has 4 rings (SSSR count). The lowest BCUT2D eigenvalue weighted by Gasteiger charge is -2.21. The van der Waals surface area contributed by atoms with Crippen LogP contribution >= 0.6 is 7.82 Å². The van der Waals surface area contributed by atoms with Gasteiger partial charge in [0.1, 0.15) is 6.61 Å². The Hall–Kier alpha value is -5.78. The second-order valence-electron chi connectivity index (χ2n) is 19.9. The highest BCUT2D eigenvalue weighted by molar-refractivity contribution is 7.86. The van der Waals surface area contributed by atoms with Crippen molar-refractivity contribution in [2.24, 2.45) is 0 Å². The molecule has 1 aliphatic heterocycles. The van der Waals surface area contributed by atoms with Crippen molar-refractivity contribution >= 4 is 69.0 Å². The largest absolute Gasteiger partial charge is 0.472 e. The molecule has 21 nitrogen and oxygen atoms in total. The van der Waals surface area contributed by atoms with Gasteiger partial charge in [-0.3, -0.25) is 42.7 Å². The summed E-state index contributed by atoms with van der Waals surface area (Å²) >= 11 is 0. The molecule has 0 radical (unpaired) electrons. The highest BCUT2D eigenvalue weighted by atomic mass is 32.2. The minimum Gasteiger partial charge on any atom is -0.462 e. The second kappa shape index (κ2) is 36.0. The number of amides is 1. The standard InChI is InChI=1S/C58H82N3O18PS2/c1-3-5-7-9-11-13-15-17-19-21-23-25-27-32-50(63)74-40-43(78-51(64)33-28-26-24-22-20-18-16-14-12-10-8-6-4-2)41-77-80(66,67)76-39-38-61-58(65)47-31-29-30-44(53(47)75-42-62)52-45-34-36-48(59)56(81(68,69)70)54(45)79-55-46(52)35-37-49(60)57(55)82(71,72)73/h13-16,29-31,34-37,42-43,59H,3-12,17-28,32-33,38-41,60H2,1-2H3,(H,61,65)(H,66,67)(H,68,69,70)(H,71,72,73)/b15-13-,16-14-,59-48?/t43-/m1/s1. The summed E-state index contributed by atoms with van der Waals surface area (Å²) in [5.41, 5.74) is 3.78. The number of hydrogen-bond acceptors (Lipinski definition) is 17. The maximum absolute atomic E-state index is 13.8. The van der Waals surface area contributed by atoms with E-state index in [9.17, 15) is 54.6 Å². The molecule has 0 saturated carbocycles. The first kappa shape index (κ1) is 68.7. The zero-order valence-corrected chi connectivity index (χ0v) is 49.6. The molecule has 1 amide bonds. The van der Waals surface area contributed by atoms with Crippen LogP contribution < -0.4 is 21.1 Å². The van der Waals surface area contributed by atoms with Crippen LogP contribution in [0.1, 0.15) is 178 Å². The first-order valence-corrected chi connectivity index (χ1v) is 32.7. The number of nitrogens with two attached hydrogens (primary N) is 1. The topological polar surface area (TPSA) is 336 Å². The Morgan fingerprint density at radius 2 is 1.24 bits per heavy atom. The van der Waals surface area contributed by atoms with Crippen LogP contribution in [0.4, 0.5) is 5.69 Å². The van der Waals surface area contributed by atoms with Gasteiger partial charge in [0, 0.05) is 41.5 Å². The molecule has 1 aliphatic carbocycles. The van der Waals surface area contributed by atoms with Crippen LogP contribution in [0.3, 0.4) is 0 Å². The Balaban J connectivity index is 1.39. The van der Waals surface area contributed by atoms with Crippen molar-refractivity contribution in [2.75, 3.05) is 32.1 Å². The number of ether oxygens (including phenoxy) is 3. The van der Waals surface area contributed by atoms with Gasteiger partial charge < -0.3 is 34.6 Å². The fourth-order valence-electron chi connectivity index (χ4n) is 9.11. The smallest absolute Gasteiger partial charge is 0.462 e. The van der Waals surface area contributed by atoms with Crippen molar-refractivity contribution in [3.8, 4) is 28.2 Å². The van der Waals surface area contributed by atoms with Crippen LogP contribution in [0.2, 0.25) is 0 Å². The number of phosphoric acid groups is 1. The van der Waals surface area contributed by atoms with Gasteiger partial charge in [-0.05, 0) is 94.5 Å². The SMILES string of the molecule is CCCCCC/C=C\CCCCCCCC(=O)OC[C@H](COP(=O)(O)OCCNC(=O)c1cccc(-c2c3ccc(=N)c(S(=O)(=O)O)c-3oc3c(S(=O)(=O)O)c(N)ccc23)c1OC=O)OC(=O)CCCCCCC/C=C\CCCCCC. The van der Waals surface area contributed by atoms with Crippen LogP contribution in [0.5, 0.6) is 5.75 Å². The monoisotopic (exact) mass is 1200 g/mol. The Morgan fingerprint density at radius 3 is 1.80 bits per heavy atom. The maximum atomic E-state index is 13.8. The lowest BCUT2D eigenvalue weighted by molar-refractivity contribution is -0.161. The number of para-hydroxylation sites is 1. The number of carbonyl (C=O) groups is 4. The molecule has 454 valence electrons. The summed E-state index contributed by atoms with van der Waals surface area (Å²) in [5, 5.41) is 9.75. The molecule has 24 heteroatoms. The summed E-state index contributed by atoms with van der Waals surface area (Å²) in [6.45, 7) is 2.11. The Bertz CT molecular complexity index is 3070. The number of nitrogen functional groups attached to an aromatic ring is 1. The highest BCUT2D eigenvalue weighted by Gasteiger charge is 2.33. The minimum absolute atomic E-state index is 0.0363. The number of hydrogen-bond donors (Lipinski definition) is 6. The molecular weight excluding hydrogens is 1120 g/mol. The average molecular weight is 1200 g/mol. The highest BCUT2D eigenvalue weighted by Crippen LogP contribution is 2.48. The average Bonchev–Trinajstić information content (AvgIpc) is 1.10. The molecule has 2 aliphatic rings. The third-order valence-corrected chi connectivity index (χ3v) is 16.1. The molecule has 1 heterocycles. The van der Waals surface area contributed by atoms with E-state index in [1.165, 1.54) is 81.7 Å². The maximum Gasteiger partial charge on any atom is 0.472 e. The van der Waals surface area contributed by atoms with E-state index in [0.717, 1.165) is 89.2 Å². The van der Waals surface area contributed by atoms with Gasteiger partial charge in [-0.1, -0.05) is 127 Å². The molecule has 0 spiro atoms. The predicted octanol–water partition coefficient (Wildman–Crippen LogP) is 12.1. The van der Waals surface area contributed by atoms with Gasteiger partial charge in [-0.15, -0.1) is 0 Å². The van der Waals surface area contributed by atoms with E-state index in [1.807, 2.05) is 0 Å². The number of esters is 2. The van der Waals surface area contributed by atoms with E-state index in [1.54, 1.807) is 0 Å². The molecule has 0 aromatic heterocycles. The van der Waals surface area contributed by atoms with Gasteiger partial charge in [0.2, 0.25) is 0 Å². The van der Waals surface area contributed by atoms with E-state index in [-0.39, 0.29) is 47.0 Å². The van der Waals surface area contributed by atoms with Crippen LogP contribution in [0, 0.1) is 5.41 Å². The minimum atomic E-state index is -5.27. The zero-order valence-electron chi connectivity index (χ0n) is 47.1. The van der Waals surface area contributed by atoms with Crippen LogP contribution in [0.15, 0.2) is 81.0 Å². The number of benzene rings is 3. The van der Waals surface area contributed by atoms with Gasteiger partial charge in [0.15, 0.2) is 33.0 Å². The molecular formula is C58H82N3O18PS2. The van der Waals surface area contributed by atoms with Gasteiger partial charge in [-0.25, -0.2) is 4.57 Å². The van der Waals surface area contributed by atoms with Crippen molar-refractivity contribution in [2.45, 2.75) is 184 Å². The molecule has 2 atom stereocenters. The van der Waals surface area contributed by atoms with Crippen molar-refractivity contribution in [1.29, 1.82) is 5.41 Å². The molecule has 2 aromatic carbocycles. The lowest BCUT2D eigenvalue weighted by atomic mass is 9.91. The number of phosphoric ester groups is 1. The quantitative estimate of drug-likeness (QED) is 0.00351. The first-order valence-electron chi connectivity index (χ1n) is 28.3. The first-order chi connectivity index (χ1) is 39.2. The molecule has 82 heavy (non-hydrogen) atoms. The van der Waals surface area contributed by atoms with Crippen LogP contribution in [-0.4, -0.2) is 87.6 Å². The lowest BCUT2D eigenvalue weighted by Crippen LogP contribution is -2.30. The summed E-state index contributed by atoms with van der Waals surface area (Å²) in [6.07, 6.45) is 30.8. The number of anilines is 1. The summed E-state index contributed by atoms with van der Waals surface area (Å²) in [7, 11) is -15.4. The molecule has 0 saturated heterocycles. The third-order valence-electron chi connectivity index (χ3n) is 13.3. The third kappa shape index (κ3) is 23.5. The van der Waals surface area contributed by atoms with Crippen LogP contribution in [0.25, 0.3) is 33.4 Å². The Labute approximate surface area is 481 Å². The van der Waals surface area contributed by atoms with Gasteiger partial charge >= 0.3 is 19.8 Å². The zero-order chi connectivity index (χ0) is 60.0. The summed E-state index contributed by atoms with van der Waals surface area (Å²) in [4.78, 5) is 60.1. The number of rotatable bonds is 42. The van der Waals surface area contributed by atoms with E-state index in [2.05, 4.69) is 43.5 Å². The van der Waals surface area contributed by atoms with E-state index >= 15 is 0 Å². The molecule has 2 aromatic rings. The molecule has 1 unspecified atom stereocenters. The van der Waals surface area contributed by atoms with Crippen molar-refractivity contribution in [3.05, 3.63) is 77.7 Å². The fourth-order valence-corrected chi connectivity index (χ4v) is 11.3. The second-order valence-corrected chi connectivity index (χ2v) is 24.1. The van der Waals surface area contributed by atoms with Crippen molar-refractivity contribution < 1.29 is 82.3 Å². The number of unbranched alkanes of at least 4 members (excludes halogenated alkanes) is 18. The molecule has 7 N–H and O–H groups in total. The van der Waals surface area contributed by atoms with Gasteiger partial charge in [0.25, 0.3) is 32.6 Å². The predicted molar refractivity (Wildman–Crippen MR) is 310 cm³/mol. The van der Waals surface area contributed by atoms with Gasteiger partial charge in [-0.2, -0.15) is 16.8 Å². The summed E-state index contributed by atoms with van der Waals surface area (Å²) in [5.74, 6) is -3.34. The number of allylic oxidation sites excluding steroid dienone is 4. The normalized spacial score (nSPS) is 13.2. The molecule has 0 fully saturated rings. The summed E-state index contributed by atoms with van der Waals surface area (Å²) in [6, 6.07) is 8.33. The van der Waals surface area contributed by atoms with Crippen molar-refractivity contribution in [1.82, 2.24) is 5.32 Å². The number of carbonyl (C=O) groups excluding carboxylic acids is 4. The Kier molecular flexibility index (Phi) is 30.2. The number of nitrogens with one attached hydrogen (secondary N) is 2.